The Kier molecular flexibility index (Phi) is 4.52. The van der Waals surface area contributed by atoms with Gasteiger partial charge in [0.05, 0.1) is 0 Å². The molecule has 0 spiro atoms. The Bertz CT molecular complexity index is 831. The van der Waals surface area contributed by atoms with Gasteiger partial charge in [-0.15, -0.1) is 0 Å². The summed E-state index contributed by atoms with van der Waals surface area (Å²) in [6.07, 6.45) is 1.49. The molecule has 0 radical (unpaired) electrons. The van der Waals surface area contributed by atoms with E-state index in [-0.39, 0.29) is 12.5 Å². The van der Waals surface area contributed by atoms with Crippen molar-refractivity contribution in [3.8, 4) is 11.5 Å². The van der Waals surface area contributed by atoms with Crippen LogP contribution in [0.15, 0.2) is 52.6 Å². The Balaban J connectivity index is 1.83. The maximum atomic E-state index is 12.2. The highest BCUT2D eigenvalue weighted by atomic mass is 79.9. The van der Waals surface area contributed by atoms with Gasteiger partial charge in [0.15, 0.2) is 11.5 Å². The lowest BCUT2D eigenvalue weighted by atomic mass is 10.1. The van der Waals surface area contributed by atoms with Gasteiger partial charge >= 0.3 is 0 Å². The van der Waals surface area contributed by atoms with Crippen LogP contribution in [0, 0.1) is 0 Å². The monoisotopic (exact) mass is 388 g/mol. The molecule has 2 aromatic carbocycles. The average molecular weight is 389 g/mol. The number of fused-ring (bicyclic) bond motifs is 1. The summed E-state index contributed by atoms with van der Waals surface area (Å²) in [5.74, 6) is 0.0462. The van der Waals surface area contributed by atoms with Crippen LogP contribution in [-0.4, -0.2) is 18.6 Å². The standard InChI is InChI=1S/C17H13BrN2O4/c18-12-4-2-11(3-5-12)17(22)20-13(16(19)21)7-10-1-6-14-15(8-10)24-9-23-14/h1-8H,9H2,(H2,19,21)(H,20,22)/b13-7-. The molecular weight excluding hydrogens is 376 g/mol. The van der Waals surface area contributed by atoms with Gasteiger partial charge in [-0.05, 0) is 48.0 Å². The third kappa shape index (κ3) is 3.57. The van der Waals surface area contributed by atoms with Crippen molar-refractivity contribution in [3.05, 3.63) is 63.8 Å². The minimum absolute atomic E-state index is 0.0122. The van der Waals surface area contributed by atoms with Crippen LogP contribution in [-0.2, 0) is 4.79 Å². The lowest BCUT2D eigenvalue weighted by Crippen LogP contribution is -2.31. The van der Waals surface area contributed by atoms with Gasteiger partial charge in [-0.3, -0.25) is 9.59 Å². The van der Waals surface area contributed by atoms with E-state index in [1.165, 1.54) is 6.08 Å². The molecule has 0 unspecified atom stereocenters. The Morgan fingerprint density at radius 2 is 1.79 bits per heavy atom. The molecular formula is C17H13BrN2O4. The molecule has 0 bridgehead atoms. The fourth-order valence-electron chi connectivity index (χ4n) is 2.13. The first-order valence-electron chi connectivity index (χ1n) is 7.01. The van der Waals surface area contributed by atoms with Crippen LogP contribution in [0.25, 0.3) is 6.08 Å². The second-order valence-electron chi connectivity index (χ2n) is 5.00. The Morgan fingerprint density at radius 3 is 2.50 bits per heavy atom. The van der Waals surface area contributed by atoms with Crippen LogP contribution in [0.1, 0.15) is 15.9 Å². The molecule has 1 heterocycles. The number of hydrogen-bond acceptors (Lipinski definition) is 4. The van der Waals surface area contributed by atoms with E-state index in [4.69, 9.17) is 15.2 Å². The summed E-state index contributed by atoms with van der Waals surface area (Å²) in [6, 6.07) is 11.9. The lowest BCUT2D eigenvalue weighted by Gasteiger charge is -2.07. The van der Waals surface area contributed by atoms with Crippen molar-refractivity contribution < 1.29 is 19.1 Å². The molecule has 24 heavy (non-hydrogen) atoms. The van der Waals surface area contributed by atoms with Gasteiger partial charge < -0.3 is 20.5 Å². The highest BCUT2D eigenvalue weighted by Gasteiger charge is 2.15. The summed E-state index contributed by atoms with van der Waals surface area (Å²) in [5, 5.41) is 2.53. The number of halogens is 1. The molecule has 1 aliphatic rings. The summed E-state index contributed by atoms with van der Waals surface area (Å²) in [6.45, 7) is 0.158. The predicted molar refractivity (Wildman–Crippen MR) is 91.3 cm³/mol. The van der Waals surface area contributed by atoms with Crippen molar-refractivity contribution in [2.45, 2.75) is 0 Å². The van der Waals surface area contributed by atoms with Crippen molar-refractivity contribution in [3.63, 3.8) is 0 Å². The van der Waals surface area contributed by atoms with E-state index in [9.17, 15) is 9.59 Å². The maximum absolute atomic E-state index is 12.2. The fraction of sp³-hybridized carbons (Fsp3) is 0.0588. The highest BCUT2D eigenvalue weighted by molar-refractivity contribution is 9.10. The molecule has 3 N–H and O–H groups in total. The first-order valence-corrected chi connectivity index (χ1v) is 7.80. The van der Waals surface area contributed by atoms with E-state index < -0.39 is 11.8 Å². The smallest absolute Gasteiger partial charge is 0.265 e. The zero-order chi connectivity index (χ0) is 17.1. The first-order chi connectivity index (χ1) is 11.5. The van der Waals surface area contributed by atoms with Gasteiger partial charge in [0.2, 0.25) is 6.79 Å². The summed E-state index contributed by atoms with van der Waals surface area (Å²) in [7, 11) is 0. The van der Waals surface area contributed by atoms with E-state index in [2.05, 4.69) is 21.2 Å². The summed E-state index contributed by atoms with van der Waals surface area (Å²) >= 11 is 3.30. The minimum atomic E-state index is -0.738. The van der Waals surface area contributed by atoms with Gasteiger partial charge in [0.1, 0.15) is 5.70 Å². The van der Waals surface area contributed by atoms with Crippen molar-refractivity contribution in [1.29, 1.82) is 0 Å². The molecule has 0 saturated heterocycles. The molecule has 0 aromatic heterocycles. The SMILES string of the molecule is NC(=O)/C(=C/c1ccc2c(c1)OCO2)NC(=O)c1ccc(Br)cc1. The van der Waals surface area contributed by atoms with Gasteiger partial charge in [0.25, 0.3) is 11.8 Å². The minimum Gasteiger partial charge on any atom is -0.454 e. The first kappa shape index (κ1) is 16.1. The van der Waals surface area contributed by atoms with E-state index in [0.717, 1.165) is 4.47 Å². The number of ether oxygens (including phenoxy) is 2. The molecule has 2 aromatic rings. The fourth-order valence-corrected chi connectivity index (χ4v) is 2.40. The summed E-state index contributed by atoms with van der Waals surface area (Å²) < 4.78 is 11.4. The number of primary amides is 1. The van der Waals surface area contributed by atoms with E-state index >= 15 is 0 Å². The number of carbonyl (C=O) groups is 2. The van der Waals surface area contributed by atoms with Crippen molar-refractivity contribution in [2.24, 2.45) is 5.73 Å². The van der Waals surface area contributed by atoms with Crippen LogP contribution >= 0.6 is 15.9 Å². The normalized spacial score (nSPS) is 12.8. The van der Waals surface area contributed by atoms with Crippen molar-refractivity contribution in [1.82, 2.24) is 5.32 Å². The molecule has 0 atom stereocenters. The van der Waals surface area contributed by atoms with Gasteiger partial charge in [0, 0.05) is 10.0 Å². The molecule has 2 amide bonds. The molecule has 0 saturated carbocycles. The molecule has 1 aliphatic heterocycles. The van der Waals surface area contributed by atoms with Crippen LogP contribution in [0.5, 0.6) is 11.5 Å². The van der Waals surface area contributed by atoms with Crippen LogP contribution in [0.4, 0.5) is 0 Å². The number of carbonyl (C=O) groups excluding carboxylic acids is 2. The Labute approximate surface area is 146 Å². The number of amides is 2. The van der Waals surface area contributed by atoms with E-state index in [1.807, 2.05) is 0 Å². The van der Waals surface area contributed by atoms with Gasteiger partial charge in [-0.1, -0.05) is 22.0 Å². The third-order valence-corrected chi connectivity index (χ3v) is 3.86. The second-order valence-corrected chi connectivity index (χ2v) is 5.91. The number of nitrogens with one attached hydrogen (secondary N) is 1. The van der Waals surface area contributed by atoms with Gasteiger partial charge in [-0.25, -0.2) is 0 Å². The molecule has 0 fully saturated rings. The zero-order valence-electron chi connectivity index (χ0n) is 12.4. The quantitative estimate of drug-likeness (QED) is 0.786. The number of benzene rings is 2. The molecule has 0 aliphatic carbocycles. The van der Waals surface area contributed by atoms with E-state index in [0.29, 0.717) is 22.6 Å². The number of hydrogen-bond donors (Lipinski definition) is 2. The number of rotatable bonds is 4. The molecule has 6 nitrogen and oxygen atoms in total. The van der Waals surface area contributed by atoms with Crippen molar-refractivity contribution in [2.75, 3.05) is 6.79 Å². The molecule has 7 heteroatoms. The maximum Gasteiger partial charge on any atom is 0.265 e. The van der Waals surface area contributed by atoms with Crippen LogP contribution in [0.3, 0.4) is 0 Å². The second kappa shape index (κ2) is 6.76. The predicted octanol–water partition coefficient (Wildman–Crippen LogP) is 2.43. The topological polar surface area (TPSA) is 90.7 Å². The molecule has 122 valence electrons. The van der Waals surface area contributed by atoms with Crippen LogP contribution in [0.2, 0.25) is 0 Å². The van der Waals surface area contributed by atoms with Gasteiger partial charge in [-0.2, -0.15) is 0 Å². The Hall–Kier alpha value is -2.80. The molecule has 3 rings (SSSR count). The number of nitrogens with two attached hydrogens (primary N) is 1. The third-order valence-electron chi connectivity index (χ3n) is 3.33. The zero-order valence-corrected chi connectivity index (χ0v) is 14.0. The largest absolute Gasteiger partial charge is 0.454 e. The lowest BCUT2D eigenvalue weighted by molar-refractivity contribution is -0.114. The highest BCUT2D eigenvalue weighted by Crippen LogP contribution is 2.33. The van der Waals surface area contributed by atoms with Crippen molar-refractivity contribution >= 4 is 33.8 Å². The average Bonchev–Trinajstić information content (AvgIpc) is 3.02. The van der Waals surface area contributed by atoms with E-state index in [1.54, 1.807) is 42.5 Å². The summed E-state index contributed by atoms with van der Waals surface area (Å²) in [4.78, 5) is 23.9. The summed E-state index contributed by atoms with van der Waals surface area (Å²) in [5.41, 5.74) is 6.42. The Morgan fingerprint density at radius 1 is 1.08 bits per heavy atom. The van der Waals surface area contributed by atoms with Crippen LogP contribution < -0.4 is 20.5 Å².